The Labute approximate surface area is 108 Å². The molecule has 0 unspecified atom stereocenters. The van der Waals surface area contributed by atoms with Crippen molar-refractivity contribution in [2.24, 2.45) is 0 Å². The molecule has 3 rings (SSSR count). The first-order valence-electron chi connectivity index (χ1n) is 5.91. The minimum absolute atomic E-state index is 0.418. The molecule has 8 nitrogen and oxygen atoms in total. The first-order chi connectivity index (χ1) is 9.26. The van der Waals surface area contributed by atoms with E-state index in [4.69, 9.17) is 4.74 Å². The van der Waals surface area contributed by atoms with Gasteiger partial charge < -0.3 is 10.1 Å². The first-order valence-corrected chi connectivity index (χ1v) is 5.91. The highest BCUT2D eigenvalue weighted by Crippen LogP contribution is 2.26. The molecule has 8 heteroatoms. The van der Waals surface area contributed by atoms with Crippen LogP contribution in [0.2, 0.25) is 0 Å². The van der Waals surface area contributed by atoms with E-state index in [1.165, 1.54) is 0 Å². The standard InChI is InChI=1S/C11H13N7O/c1-3-12-11-14-9-7(5-13-18-9)10(15-11)19-8-4-6(2)16-17-8/h4-5H,3H2,1-2H3,(H,16,17)(H2,12,13,14,15,18). The van der Waals surface area contributed by atoms with Crippen molar-refractivity contribution in [2.45, 2.75) is 13.8 Å². The molecule has 3 N–H and O–H groups in total. The molecule has 0 fully saturated rings. The number of hydrogen-bond donors (Lipinski definition) is 3. The highest BCUT2D eigenvalue weighted by atomic mass is 16.5. The Kier molecular flexibility index (Phi) is 2.75. The van der Waals surface area contributed by atoms with E-state index in [9.17, 15) is 0 Å². The fourth-order valence-corrected chi connectivity index (χ4v) is 1.67. The lowest BCUT2D eigenvalue weighted by atomic mass is 10.4. The van der Waals surface area contributed by atoms with Crippen LogP contribution < -0.4 is 10.1 Å². The van der Waals surface area contributed by atoms with Crippen LogP contribution in [0.25, 0.3) is 11.0 Å². The van der Waals surface area contributed by atoms with Gasteiger partial charge in [0.1, 0.15) is 5.39 Å². The molecular formula is C11H13N7O. The van der Waals surface area contributed by atoms with E-state index in [2.05, 4.69) is 35.7 Å². The molecule has 0 amide bonds. The topological polar surface area (TPSA) is 104 Å². The van der Waals surface area contributed by atoms with E-state index >= 15 is 0 Å². The number of anilines is 1. The lowest BCUT2D eigenvalue weighted by Gasteiger charge is -2.05. The molecule has 0 aliphatic carbocycles. The van der Waals surface area contributed by atoms with Crippen molar-refractivity contribution in [3.63, 3.8) is 0 Å². The largest absolute Gasteiger partial charge is 0.418 e. The van der Waals surface area contributed by atoms with E-state index in [1.807, 2.05) is 13.8 Å². The third-order valence-corrected chi connectivity index (χ3v) is 2.49. The van der Waals surface area contributed by atoms with Gasteiger partial charge in [-0.1, -0.05) is 0 Å². The Morgan fingerprint density at radius 3 is 2.95 bits per heavy atom. The number of aryl methyl sites for hydroxylation is 1. The minimum Gasteiger partial charge on any atom is -0.418 e. The van der Waals surface area contributed by atoms with Crippen LogP contribution in [0, 0.1) is 6.92 Å². The number of aromatic amines is 2. The van der Waals surface area contributed by atoms with Gasteiger partial charge in [0.25, 0.3) is 0 Å². The Bertz CT molecular complexity index is 702. The summed E-state index contributed by atoms with van der Waals surface area (Å²) in [5, 5.41) is 17.3. The van der Waals surface area contributed by atoms with E-state index in [1.54, 1.807) is 12.3 Å². The van der Waals surface area contributed by atoms with Crippen molar-refractivity contribution in [3.8, 4) is 11.8 Å². The molecule has 0 saturated heterocycles. The van der Waals surface area contributed by atoms with Crippen molar-refractivity contribution in [2.75, 3.05) is 11.9 Å². The van der Waals surface area contributed by atoms with Gasteiger partial charge in [-0.05, 0) is 13.8 Å². The highest BCUT2D eigenvalue weighted by Gasteiger charge is 2.12. The summed E-state index contributed by atoms with van der Waals surface area (Å²) in [7, 11) is 0. The fraction of sp³-hybridized carbons (Fsp3) is 0.273. The summed E-state index contributed by atoms with van der Waals surface area (Å²) >= 11 is 0. The van der Waals surface area contributed by atoms with Gasteiger partial charge in [0.2, 0.25) is 17.7 Å². The minimum atomic E-state index is 0.418. The second kappa shape index (κ2) is 4.56. The van der Waals surface area contributed by atoms with Crippen LogP contribution in [0.3, 0.4) is 0 Å². The maximum absolute atomic E-state index is 5.66. The molecule has 0 atom stereocenters. The van der Waals surface area contributed by atoms with Crippen LogP contribution >= 0.6 is 0 Å². The van der Waals surface area contributed by atoms with Crippen LogP contribution in [-0.4, -0.2) is 36.9 Å². The van der Waals surface area contributed by atoms with Crippen molar-refractivity contribution < 1.29 is 4.74 Å². The number of fused-ring (bicyclic) bond motifs is 1. The molecule has 0 bridgehead atoms. The molecule has 3 heterocycles. The van der Waals surface area contributed by atoms with Crippen molar-refractivity contribution >= 4 is 17.0 Å². The van der Waals surface area contributed by atoms with Crippen molar-refractivity contribution in [1.29, 1.82) is 0 Å². The normalized spacial score (nSPS) is 10.8. The van der Waals surface area contributed by atoms with E-state index < -0.39 is 0 Å². The van der Waals surface area contributed by atoms with E-state index in [-0.39, 0.29) is 0 Å². The molecule has 3 aromatic heterocycles. The summed E-state index contributed by atoms with van der Waals surface area (Å²) in [6.07, 6.45) is 1.62. The van der Waals surface area contributed by atoms with Crippen molar-refractivity contribution in [1.82, 2.24) is 30.4 Å². The molecule has 19 heavy (non-hydrogen) atoms. The summed E-state index contributed by atoms with van der Waals surface area (Å²) in [5.74, 6) is 1.36. The van der Waals surface area contributed by atoms with Crippen LogP contribution in [-0.2, 0) is 0 Å². The number of rotatable bonds is 4. The van der Waals surface area contributed by atoms with E-state index in [0.717, 1.165) is 12.2 Å². The monoisotopic (exact) mass is 259 g/mol. The van der Waals surface area contributed by atoms with Gasteiger partial charge in [-0.15, -0.1) is 5.10 Å². The molecule has 0 aromatic carbocycles. The molecular weight excluding hydrogens is 246 g/mol. The maximum atomic E-state index is 5.66. The second-order valence-corrected chi connectivity index (χ2v) is 4.01. The second-order valence-electron chi connectivity index (χ2n) is 4.01. The fourth-order valence-electron chi connectivity index (χ4n) is 1.67. The number of hydrogen-bond acceptors (Lipinski definition) is 6. The summed E-state index contributed by atoms with van der Waals surface area (Å²) < 4.78 is 5.66. The van der Waals surface area contributed by atoms with Crippen LogP contribution in [0.4, 0.5) is 5.95 Å². The number of H-pyrrole nitrogens is 2. The third kappa shape index (κ3) is 2.19. The van der Waals surface area contributed by atoms with Crippen LogP contribution in [0.15, 0.2) is 12.3 Å². The molecule has 0 spiro atoms. The quantitative estimate of drug-likeness (QED) is 0.657. The smallest absolute Gasteiger partial charge is 0.240 e. The lowest BCUT2D eigenvalue weighted by molar-refractivity contribution is 0.449. The number of ether oxygens (including phenoxy) is 1. The Hall–Kier alpha value is -2.64. The van der Waals surface area contributed by atoms with Gasteiger partial charge >= 0.3 is 0 Å². The van der Waals surface area contributed by atoms with E-state index in [0.29, 0.717) is 28.7 Å². The molecule has 3 aromatic rings. The zero-order valence-electron chi connectivity index (χ0n) is 10.6. The maximum Gasteiger partial charge on any atom is 0.240 e. The summed E-state index contributed by atoms with van der Waals surface area (Å²) in [4.78, 5) is 8.59. The van der Waals surface area contributed by atoms with Gasteiger partial charge in [-0.3, -0.25) is 10.2 Å². The van der Waals surface area contributed by atoms with Gasteiger partial charge in [-0.25, -0.2) is 0 Å². The number of nitrogens with one attached hydrogen (secondary N) is 3. The number of nitrogens with zero attached hydrogens (tertiary/aromatic N) is 4. The van der Waals surface area contributed by atoms with Gasteiger partial charge in [0.05, 0.1) is 6.20 Å². The highest BCUT2D eigenvalue weighted by molar-refractivity contribution is 5.80. The summed E-state index contributed by atoms with van der Waals surface area (Å²) in [5.41, 5.74) is 1.53. The van der Waals surface area contributed by atoms with Gasteiger partial charge in [-0.2, -0.15) is 15.1 Å². The Morgan fingerprint density at radius 1 is 1.32 bits per heavy atom. The molecule has 0 aliphatic rings. The molecule has 98 valence electrons. The average Bonchev–Trinajstić information content (AvgIpc) is 2.99. The first kappa shape index (κ1) is 11.5. The summed E-state index contributed by atoms with van der Waals surface area (Å²) in [6, 6.07) is 1.79. The predicted molar refractivity (Wildman–Crippen MR) is 69.2 cm³/mol. The molecule has 0 aliphatic heterocycles. The number of aromatic nitrogens is 6. The third-order valence-electron chi connectivity index (χ3n) is 2.49. The zero-order chi connectivity index (χ0) is 13.2. The van der Waals surface area contributed by atoms with Crippen LogP contribution in [0.5, 0.6) is 11.8 Å². The summed E-state index contributed by atoms with van der Waals surface area (Å²) in [6.45, 7) is 4.59. The van der Waals surface area contributed by atoms with Crippen LogP contribution in [0.1, 0.15) is 12.6 Å². The molecule has 0 saturated carbocycles. The SMILES string of the molecule is CCNc1nc(Oc2cc(C)[nH]n2)c2cn[nH]c2n1. The molecule has 0 radical (unpaired) electrons. The average molecular weight is 259 g/mol. The lowest BCUT2D eigenvalue weighted by Crippen LogP contribution is -2.03. The van der Waals surface area contributed by atoms with Crippen molar-refractivity contribution in [3.05, 3.63) is 18.0 Å². The predicted octanol–water partition coefficient (Wildman–Crippen LogP) is 1.61. The van der Waals surface area contributed by atoms with Gasteiger partial charge in [0, 0.05) is 18.3 Å². The zero-order valence-corrected chi connectivity index (χ0v) is 10.6. The van der Waals surface area contributed by atoms with Gasteiger partial charge in [0.15, 0.2) is 5.65 Å². The Balaban J connectivity index is 2.02. The Morgan fingerprint density at radius 2 is 2.21 bits per heavy atom.